The van der Waals surface area contributed by atoms with E-state index in [-0.39, 0.29) is 17.7 Å². The Morgan fingerprint density at radius 1 is 1.09 bits per heavy atom. The van der Waals surface area contributed by atoms with Crippen LogP contribution in [0.5, 0.6) is 0 Å². The fourth-order valence-corrected chi connectivity index (χ4v) is 2.26. The first-order valence-corrected chi connectivity index (χ1v) is 7.81. The maximum atomic E-state index is 11.6. The SMILES string of the molecule is CC(C)(C)OC(=O)NC1CCC(C(C)(C)N)C1.CC(C)(O)O. The zero-order valence-corrected chi connectivity index (χ0v) is 15.1. The number of aliphatic hydroxyl groups is 2. The molecule has 6 heteroatoms. The average Bonchev–Trinajstić information content (AvgIpc) is 2.58. The Bertz CT molecular complexity index is 345. The third-order valence-electron chi connectivity index (χ3n) is 3.21. The van der Waals surface area contributed by atoms with Crippen LogP contribution in [0.4, 0.5) is 4.79 Å². The highest BCUT2D eigenvalue weighted by atomic mass is 16.6. The normalized spacial score (nSPS) is 22.6. The van der Waals surface area contributed by atoms with Crippen LogP contribution in [0.25, 0.3) is 0 Å². The van der Waals surface area contributed by atoms with E-state index in [0.717, 1.165) is 19.3 Å². The number of ether oxygens (including phenoxy) is 1. The van der Waals surface area contributed by atoms with Crippen LogP contribution in [-0.2, 0) is 4.74 Å². The summed E-state index contributed by atoms with van der Waals surface area (Å²) in [7, 11) is 0. The van der Waals surface area contributed by atoms with Crippen molar-refractivity contribution < 1.29 is 19.7 Å². The van der Waals surface area contributed by atoms with Gasteiger partial charge in [-0.3, -0.25) is 0 Å². The maximum Gasteiger partial charge on any atom is 0.407 e. The minimum Gasteiger partial charge on any atom is -0.444 e. The number of carbonyl (C=O) groups is 1. The highest BCUT2D eigenvalue weighted by molar-refractivity contribution is 5.68. The Morgan fingerprint density at radius 2 is 1.55 bits per heavy atom. The topological polar surface area (TPSA) is 105 Å². The number of hydrogen-bond donors (Lipinski definition) is 4. The van der Waals surface area contributed by atoms with Crippen molar-refractivity contribution in [3.63, 3.8) is 0 Å². The standard InChI is InChI=1S/C13H26N2O2.C3H8O2/c1-12(2,3)17-11(16)15-10-7-6-9(8-10)13(4,5)14;1-3(2,4)5/h9-10H,6-8,14H2,1-5H3,(H,15,16);4-5H,1-2H3. The quantitative estimate of drug-likeness (QED) is 0.584. The van der Waals surface area contributed by atoms with E-state index in [2.05, 4.69) is 5.32 Å². The lowest BCUT2D eigenvalue weighted by molar-refractivity contribution is -0.127. The second-order valence-electron chi connectivity index (χ2n) is 8.17. The summed E-state index contributed by atoms with van der Waals surface area (Å²) in [6.07, 6.45) is 2.69. The first-order chi connectivity index (χ1) is 9.58. The van der Waals surface area contributed by atoms with Gasteiger partial charge in [-0.1, -0.05) is 0 Å². The monoisotopic (exact) mass is 318 g/mol. The van der Waals surface area contributed by atoms with E-state index in [1.165, 1.54) is 13.8 Å². The van der Waals surface area contributed by atoms with Gasteiger partial charge in [0.2, 0.25) is 0 Å². The van der Waals surface area contributed by atoms with Gasteiger partial charge in [0.05, 0.1) is 0 Å². The molecule has 0 aromatic rings. The van der Waals surface area contributed by atoms with Crippen LogP contribution in [0.2, 0.25) is 0 Å². The Hall–Kier alpha value is -0.850. The van der Waals surface area contributed by atoms with Gasteiger partial charge in [0.1, 0.15) is 5.60 Å². The molecule has 0 saturated heterocycles. The van der Waals surface area contributed by atoms with Gasteiger partial charge in [-0.25, -0.2) is 4.79 Å². The van der Waals surface area contributed by atoms with Gasteiger partial charge < -0.3 is 26.0 Å². The molecule has 22 heavy (non-hydrogen) atoms. The summed E-state index contributed by atoms with van der Waals surface area (Å²) in [6, 6.07) is 0.206. The second-order valence-corrected chi connectivity index (χ2v) is 8.17. The van der Waals surface area contributed by atoms with Gasteiger partial charge in [-0.15, -0.1) is 0 Å². The fourth-order valence-electron chi connectivity index (χ4n) is 2.26. The van der Waals surface area contributed by atoms with Crippen LogP contribution in [0, 0.1) is 5.92 Å². The number of nitrogens with two attached hydrogens (primary N) is 1. The summed E-state index contributed by atoms with van der Waals surface area (Å²) < 4.78 is 5.24. The number of alkyl carbamates (subject to hydrolysis) is 1. The molecule has 0 heterocycles. The minimum absolute atomic E-state index is 0.162. The molecule has 6 nitrogen and oxygen atoms in total. The van der Waals surface area contributed by atoms with Crippen molar-refractivity contribution in [1.29, 1.82) is 0 Å². The first-order valence-electron chi connectivity index (χ1n) is 7.81. The number of nitrogens with one attached hydrogen (secondary N) is 1. The highest BCUT2D eigenvalue weighted by Crippen LogP contribution is 2.32. The molecule has 2 unspecified atom stereocenters. The Balaban J connectivity index is 0.000000763. The van der Waals surface area contributed by atoms with Gasteiger partial charge >= 0.3 is 6.09 Å². The largest absolute Gasteiger partial charge is 0.444 e. The van der Waals surface area contributed by atoms with E-state index in [1.54, 1.807) is 0 Å². The molecular weight excluding hydrogens is 284 g/mol. The summed E-state index contributed by atoms with van der Waals surface area (Å²) in [6.45, 7) is 12.3. The molecular formula is C16H34N2O4. The molecule has 1 rings (SSSR count). The van der Waals surface area contributed by atoms with Crippen molar-refractivity contribution in [1.82, 2.24) is 5.32 Å². The Kier molecular flexibility index (Phi) is 7.32. The molecule has 2 atom stereocenters. The van der Waals surface area contributed by atoms with Gasteiger partial charge in [0.25, 0.3) is 0 Å². The summed E-state index contributed by atoms with van der Waals surface area (Å²) in [5.41, 5.74) is 5.49. The lowest BCUT2D eigenvalue weighted by Gasteiger charge is -2.27. The van der Waals surface area contributed by atoms with Crippen molar-refractivity contribution in [2.75, 3.05) is 0 Å². The predicted octanol–water partition coefficient (Wildman–Crippen LogP) is 2.12. The smallest absolute Gasteiger partial charge is 0.407 e. The molecule has 0 aromatic carbocycles. The van der Waals surface area contributed by atoms with Gasteiger partial charge in [0, 0.05) is 11.6 Å². The number of hydrogen-bond acceptors (Lipinski definition) is 5. The molecule has 5 N–H and O–H groups in total. The molecule has 1 saturated carbocycles. The second kappa shape index (κ2) is 7.62. The zero-order chi connectivity index (χ0) is 17.8. The molecule has 0 spiro atoms. The van der Waals surface area contributed by atoms with Crippen molar-refractivity contribution in [3.05, 3.63) is 0 Å². The summed E-state index contributed by atoms with van der Waals surface area (Å²) in [5.74, 6) is -1.03. The number of rotatable bonds is 2. The van der Waals surface area contributed by atoms with Crippen LogP contribution in [0.15, 0.2) is 0 Å². The zero-order valence-electron chi connectivity index (χ0n) is 15.1. The number of amides is 1. The van der Waals surface area contributed by atoms with E-state index in [0.29, 0.717) is 5.92 Å². The minimum atomic E-state index is -1.50. The van der Waals surface area contributed by atoms with Crippen LogP contribution >= 0.6 is 0 Å². The third kappa shape index (κ3) is 11.8. The first kappa shape index (κ1) is 21.1. The van der Waals surface area contributed by atoms with Crippen LogP contribution in [-0.4, -0.2) is 39.3 Å². The van der Waals surface area contributed by atoms with E-state index < -0.39 is 11.4 Å². The molecule has 0 bridgehead atoms. The van der Waals surface area contributed by atoms with E-state index in [4.69, 9.17) is 20.7 Å². The predicted molar refractivity (Wildman–Crippen MR) is 87.3 cm³/mol. The molecule has 0 radical (unpaired) electrons. The van der Waals surface area contributed by atoms with E-state index in [9.17, 15) is 4.79 Å². The van der Waals surface area contributed by atoms with Gasteiger partial charge in [-0.2, -0.15) is 0 Å². The summed E-state index contributed by atoms with van der Waals surface area (Å²) in [4.78, 5) is 11.6. The van der Waals surface area contributed by atoms with E-state index >= 15 is 0 Å². The molecule has 0 aromatic heterocycles. The maximum absolute atomic E-state index is 11.6. The van der Waals surface area contributed by atoms with Gasteiger partial charge in [0.15, 0.2) is 5.79 Å². The average molecular weight is 318 g/mol. The Morgan fingerprint density at radius 3 is 1.86 bits per heavy atom. The fraction of sp³-hybridized carbons (Fsp3) is 0.938. The molecule has 1 aliphatic rings. The molecule has 1 aliphatic carbocycles. The number of carbonyl (C=O) groups excluding carboxylic acids is 1. The van der Waals surface area contributed by atoms with Crippen LogP contribution in [0.3, 0.4) is 0 Å². The lowest BCUT2D eigenvalue weighted by Crippen LogP contribution is -2.42. The van der Waals surface area contributed by atoms with Crippen molar-refractivity contribution in [3.8, 4) is 0 Å². The van der Waals surface area contributed by atoms with Gasteiger partial charge in [-0.05, 0) is 73.6 Å². The van der Waals surface area contributed by atoms with Crippen molar-refractivity contribution >= 4 is 6.09 Å². The molecule has 132 valence electrons. The highest BCUT2D eigenvalue weighted by Gasteiger charge is 2.34. The third-order valence-corrected chi connectivity index (χ3v) is 3.21. The summed E-state index contributed by atoms with van der Waals surface area (Å²) >= 11 is 0. The summed E-state index contributed by atoms with van der Waals surface area (Å²) in [5, 5.41) is 19.1. The van der Waals surface area contributed by atoms with Crippen molar-refractivity contribution in [2.45, 2.75) is 90.7 Å². The van der Waals surface area contributed by atoms with Crippen LogP contribution < -0.4 is 11.1 Å². The van der Waals surface area contributed by atoms with Crippen molar-refractivity contribution in [2.24, 2.45) is 11.7 Å². The van der Waals surface area contributed by atoms with E-state index in [1.807, 2.05) is 34.6 Å². The Labute approximate surface area is 134 Å². The molecule has 1 fully saturated rings. The van der Waals surface area contributed by atoms with Crippen LogP contribution in [0.1, 0.15) is 67.7 Å². The lowest BCUT2D eigenvalue weighted by atomic mass is 9.87. The molecule has 0 aliphatic heterocycles. The molecule has 1 amide bonds.